The summed E-state index contributed by atoms with van der Waals surface area (Å²) in [7, 11) is 1.58. The summed E-state index contributed by atoms with van der Waals surface area (Å²) in [6, 6.07) is 5.21. The van der Waals surface area contributed by atoms with Crippen molar-refractivity contribution in [1.82, 2.24) is 20.5 Å². The molecule has 0 radical (unpaired) electrons. The lowest BCUT2D eigenvalue weighted by molar-refractivity contribution is -0.146. The molecule has 2 aromatic rings. The maximum Gasteiger partial charge on any atom is 0.408 e. The van der Waals surface area contributed by atoms with Crippen LogP contribution >= 0.6 is 0 Å². The number of carboxylic acid groups (broad SMARTS) is 1. The first kappa shape index (κ1) is 32.1. The molecule has 45 heavy (non-hydrogen) atoms. The van der Waals surface area contributed by atoms with Gasteiger partial charge in [0.05, 0.1) is 13.7 Å². The predicted octanol–water partition coefficient (Wildman–Crippen LogP) is 3.82. The zero-order valence-corrected chi connectivity index (χ0v) is 26.2. The van der Waals surface area contributed by atoms with E-state index in [1.165, 1.54) is 11.0 Å². The van der Waals surface area contributed by atoms with E-state index in [2.05, 4.69) is 22.2 Å². The van der Waals surface area contributed by atoms with E-state index in [0.717, 1.165) is 36.5 Å². The third kappa shape index (κ3) is 6.69. The highest BCUT2D eigenvalue weighted by Crippen LogP contribution is 2.45. The topological polar surface area (TPSA) is 156 Å². The molecule has 12 nitrogen and oxygen atoms in total. The quantitative estimate of drug-likeness (QED) is 0.335. The van der Waals surface area contributed by atoms with Crippen LogP contribution in [0.2, 0.25) is 0 Å². The maximum absolute atomic E-state index is 14.3. The van der Waals surface area contributed by atoms with Crippen LogP contribution in [-0.2, 0) is 19.1 Å². The first-order chi connectivity index (χ1) is 21.4. The van der Waals surface area contributed by atoms with Gasteiger partial charge in [0.1, 0.15) is 35.6 Å². The molecule has 242 valence electrons. The van der Waals surface area contributed by atoms with Crippen LogP contribution in [-0.4, -0.2) is 82.4 Å². The highest BCUT2D eigenvalue weighted by molar-refractivity contribution is 5.96. The third-order valence-electron chi connectivity index (χ3n) is 9.04. The van der Waals surface area contributed by atoms with Gasteiger partial charge < -0.3 is 34.9 Å². The molecule has 3 N–H and O–H groups in total. The number of aromatic nitrogens is 1. The highest BCUT2D eigenvalue weighted by Gasteiger charge is 2.61. The lowest BCUT2D eigenvalue weighted by Gasteiger charge is -2.35. The van der Waals surface area contributed by atoms with Gasteiger partial charge in [-0.15, -0.1) is 6.58 Å². The number of hydrogen-bond donors (Lipinski definition) is 3. The predicted molar refractivity (Wildman–Crippen MR) is 165 cm³/mol. The number of carbonyl (C=O) groups is 4. The molecule has 12 heteroatoms. The van der Waals surface area contributed by atoms with Crippen molar-refractivity contribution in [3.63, 3.8) is 0 Å². The normalized spacial score (nSPS) is 25.3. The maximum atomic E-state index is 14.3. The Kier molecular flexibility index (Phi) is 8.95. The van der Waals surface area contributed by atoms with E-state index in [9.17, 15) is 24.3 Å². The van der Waals surface area contributed by atoms with E-state index in [1.807, 2.05) is 39.0 Å². The summed E-state index contributed by atoms with van der Waals surface area (Å²) in [5.74, 6) is -1.70. The van der Waals surface area contributed by atoms with Crippen LogP contribution in [0.5, 0.6) is 11.6 Å². The number of aliphatic carboxylic acids is 1. The number of benzene rings is 1. The fraction of sp³-hybridized carbons (Fsp3) is 0.545. The third-order valence-corrected chi connectivity index (χ3v) is 9.04. The average molecular weight is 623 g/mol. The monoisotopic (exact) mass is 622 g/mol. The molecular formula is C33H42N4O8. The Hall–Kier alpha value is -4.35. The summed E-state index contributed by atoms with van der Waals surface area (Å²) in [5, 5.41) is 16.9. The molecule has 2 saturated carbocycles. The number of pyridine rings is 1. The van der Waals surface area contributed by atoms with Crippen LogP contribution in [0.4, 0.5) is 4.79 Å². The minimum atomic E-state index is -1.48. The Bertz CT molecular complexity index is 1480. The number of ether oxygens (including phenoxy) is 3. The van der Waals surface area contributed by atoms with E-state index in [1.54, 1.807) is 19.4 Å². The Morgan fingerprint density at radius 2 is 1.89 bits per heavy atom. The molecule has 1 saturated heterocycles. The molecule has 2 heterocycles. The van der Waals surface area contributed by atoms with Crippen molar-refractivity contribution >= 4 is 34.6 Å². The van der Waals surface area contributed by atoms with Crippen molar-refractivity contribution in [2.75, 3.05) is 13.7 Å². The molecular weight excluding hydrogens is 580 g/mol. The van der Waals surface area contributed by atoms with Crippen molar-refractivity contribution in [2.24, 2.45) is 11.3 Å². The molecule has 2 aliphatic carbocycles. The summed E-state index contributed by atoms with van der Waals surface area (Å²) >= 11 is 0. The Morgan fingerprint density at radius 1 is 1.16 bits per heavy atom. The van der Waals surface area contributed by atoms with Gasteiger partial charge in [-0.25, -0.2) is 14.6 Å². The number of carbonyl (C=O) groups excluding carboxylic acids is 3. The van der Waals surface area contributed by atoms with Crippen molar-refractivity contribution in [3.8, 4) is 11.6 Å². The summed E-state index contributed by atoms with van der Waals surface area (Å²) in [5.41, 5.74) is -2.22. The first-order valence-electron chi connectivity index (χ1n) is 15.4. The zero-order valence-electron chi connectivity index (χ0n) is 26.2. The second-order valence-corrected chi connectivity index (χ2v) is 13.3. The van der Waals surface area contributed by atoms with Crippen LogP contribution in [0, 0.1) is 11.3 Å². The standard InChI is InChI=1S/C33H42N4O8/c1-6-20-17-33(20,30(40)41)36-27(38)25-16-23(44-28-24-12-11-22(43-5)15-19(24)13-14-34-28)18-37(25)29(39)26(32(2,3)4)35-31(42)45-21-9-7-8-10-21/h6,11-15,20-21,23,25-26H,1,7-10,16-18H2,2-5H3,(H,35,42)(H,36,38)(H,40,41)/t20-,23-,25+,26-,33-/m1/s1. The molecule has 5 atom stereocenters. The SMILES string of the molecule is C=C[C@@H]1C[C@]1(NC(=O)[C@@H]1C[C@@H](Oc2nccc3cc(OC)ccc23)CN1C(=O)[C@@H](NC(=O)OC1CCCC1)C(C)(C)C)C(=O)O. The second-order valence-electron chi connectivity index (χ2n) is 13.3. The van der Waals surface area contributed by atoms with Gasteiger partial charge >= 0.3 is 12.1 Å². The first-order valence-corrected chi connectivity index (χ1v) is 15.4. The van der Waals surface area contributed by atoms with Gasteiger partial charge in [0, 0.05) is 23.9 Å². The fourth-order valence-electron chi connectivity index (χ4n) is 6.32. The van der Waals surface area contributed by atoms with Gasteiger partial charge in [0.25, 0.3) is 0 Å². The summed E-state index contributed by atoms with van der Waals surface area (Å²) in [4.78, 5) is 58.9. The minimum Gasteiger partial charge on any atom is -0.497 e. The lowest BCUT2D eigenvalue weighted by atomic mass is 9.85. The summed E-state index contributed by atoms with van der Waals surface area (Å²) in [6.45, 7) is 9.16. The summed E-state index contributed by atoms with van der Waals surface area (Å²) < 4.78 is 17.2. The fourth-order valence-corrected chi connectivity index (χ4v) is 6.32. The van der Waals surface area contributed by atoms with Crippen molar-refractivity contribution in [1.29, 1.82) is 0 Å². The molecule has 1 aromatic heterocycles. The molecule has 5 rings (SSSR count). The largest absolute Gasteiger partial charge is 0.497 e. The number of hydrogen-bond acceptors (Lipinski definition) is 8. The van der Waals surface area contributed by atoms with Gasteiger partial charge in [-0.05, 0) is 67.2 Å². The van der Waals surface area contributed by atoms with Gasteiger partial charge in [-0.1, -0.05) is 26.8 Å². The number of nitrogens with one attached hydrogen (secondary N) is 2. The Balaban J connectivity index is 1.41. The zero-order chi connectivity index (χ0) is 32.5. The molecule has 3 fully saturated rings. The van der Waals surface area contributed by atoms with E-state index < -0.39 is 58.9 Å². The smallest absolute Gasteiger partial charge is 0.408 e. The van der Waals surface area contributed by atoms with Gasteiger partial charge in [0.2, 0.25) is 17.7 Å². The molecule has 1 aliphatic heterocycles. The van der Waals surface area contributed by atoms with Crippen LogP contribution in [0.15, 0.2) is 43.1 Å². The van der Waals surface area contributed by atoms with E-state index >= 15 is 0 Å². The minimum absolute atomic E-state index is 0.0159. The van der Waals surface area contributed by atoms with Gasteiger partial charge in [-0.3, -0.25) is 9.59 Å². The lowest BCUT2D eigenvalue weighted by Crippen LogP contribution is -2.59. The van der Waals surface area contributed by atoms with Crippen molar-refractivity contribution < 1.29 is 38.5 Å². The van der Waals surface area contributed by atoms with Crippen molar-refractivity contribution in [3.05, 3.63) is 43.1 Å². The second kappa shape index (κ2) is 12.6. The van der Waals surface area contributed by atoms with E-state index in [0.29, 0.717) is 11.6 Å². The molecule has 3 aliphatic rings. The van der Waals surface area contributed by atoms with Crippen molar-refractivity contribution in [2.45, 2.75) is 89.1 Å². The number of likely N-dealkylation sites (tertiary alicyclic amines) is 1. The van der Waals surface area contributed by atoms with E-state index in [4.69, 9.17) is 14.2 Å². The average Bonchev–Trinajstić information content (AvgIpc) is 3.28. The molecule has 0 unspecified atom stereocenters. The number of nitrogens with zero attached hydrogens (tertiary/aromatic N) is 2. The Labute approximate surface area is 262 Å². The van der Waals surface area contributed by atoms with Crippen LogP contribution in [0.1, 0.15) is 59.3 Å². The van der Waals surface area contributed by atoms with Gasteiger partial charge in [-0.2, -0.15) is 0 Å². The number of fused-ring (bicyclic) bond motifs is 1. The Morgan fingerprint density at radius 3 is 2.51 bits per heavy atom. The van der Waals surface area contributed by atoms with Crippen LogP contribution < -0.4 is 20.1 Å². The van der Waals surface area contributed by atoms with Gasteiger partial charge in [0.15, 0.2) is 0 Å². The highest BCUT2D eigenvalue weighted by atomic mass is 16.6. The van der Waals surface area contributed by atoms with E-state index in [-0.39, 0.29) is 25.5 Å². The number of rotatable bonds is 10. The number of amides is 3. The molecule has 3 amide bonds. The molecule has 0 spiro atoms. The molecule has 0 bridgehead atoms. The summed E-state index contributed by atoms with van der Waals surface area (Å²) in [6.07, 6.45) is 5.40. The number of methoxy groups -OCH3 is 1. The number of carboxylic acids is 1. The molecule has 1 aromatic carbocycles. The number of alkyl carbamates (subject to hydrolysis) is 1. The van der Waals surface area contributed by atoms with Crippen LogP contribution in [0.3, 0.4) is 0 Å². The van der Waals surface area contributed by atoms with Crippen LogP contribution in [0.25, 0.3) is 10.8 Å².